The number of aromatic carboxylic acids is 1. The number of thiophene rings is 1. The maximum atomic E-state index is 12.2. The minimum atomic E-state index is -1.45. The number of aromatic nitrogens is 2. The van der Waals surface area contributed by atoms with Gasteiger partial charge in [-0.3, -0.25) is 9.36 Å². The molecule has 6 nitrogen and oxygen atoms in total. The molecule has 0 amide bonds. The first-order valence-corrected chi connectivity index (χ1v) is 9.67. The van der Waals surface area contributed by atoms with Crippen LogP contribution in [-0.2, 0) is 13.5 Å². The summed E-state index contributed by atoms with van der Waals surface area (Å²) in [5, 5.41) is 21.5. The van der Waals surface area contributed by atoms with Crippen LogP contribution in [0.5, 0.6) is 5.75 Å². The first-order chi connectivity index (χ1) is 13.4. The van der Waals surface area contributed by atoms with E-state index in [1.54, 1.807) is 0 Å². The predicted octanol–water partition coefficient (Wildman–Crippen LogP) is 4.21. The highest BCUT2D eigenvalue weighted by molar-refractivity contribution is 7.13. The molecule has 144 valence electrons. The first-order valence-electron chi connectivity index (χ1n) is 8.41. The summed E-state index contributed by atoms with van der Waals surface area (Å²) in [4.78, 5) is 28.1. The zero-order valence-electron chi connectivity index (χ0n) is 14.9. The van der Waals surface area contributed by atoms with E-state index >= 15 is 0 Å². The summed E-state index contributed by atoms with van der Waals surface area (Å²) in [6, 6.07) is 9.54. The van der Waals surface area contributed by atoms with Crippen molar-refractivity contribution in [2.45, 2.75) is 12.8 Å². The van der Waals surface area contributed by atoms with Crippen LogP contribution < -0.4 is 5.56 Å². The number of hydrogen-bond acceptors (Lipinski definition) is 5. The van der Waals surface area contributed by atoms with Crippen LogP contribution in [0.15, 0.2) is 46.6 Å². The Kier molecular flexibility index (Phi) is 5.96. The van der Waals surface area contributed by atoms with E-state index in [0.29, 0.717) is 4.88 Å². The summed E-state index contributed by atoms with van der Waals surface area (Å²) in [5.74, 6) is -2.13. The Morgan fingerprint density at radius 2 is 2.07 bits per heavy atom. The average Bonchev–Trinajstić information content (AvgIpc) is 3.13. The van der Waals surface area contributed by atoms with Crippen LogP contribution in [0.2, 0.25) is 5.02 Å². The third kappa shape index (κ3) is 4.00. The van der Waals surface area contributed by atoms with E-state index < -0.39 is 23.0 Å². The molecule has 28 heavy (non-hydrogen) atoms. The maximum Gasteiger partial charge on any atom is 0.358 e. The number of carbonyl (C=O) groups is 1. The quantitative estimate of drug-likeness (QED) is 0.627. The predicted molar refractivity (Wildman–Crippen MR) is 110 cm³/mol. The molecule has 0 aliphatic carbocycles. The highest BCUT2D eigenvalue weighted by atomic mass is 35.5. The lowest BCUT2D eigenvalue weighted by Gasteiger charge is -2.09. The number of aryl methyl sites for hydroxylation is 1. The zero-order valence-corrected chi connectivity index (χ0v) is 16.5. The smallest absolute Gasteiger partial charge is 0.358 e. The van der Waals surface area contributed by atoms with Gasteiger partial charge in [0, 0.05) is 12.1 Å². The molecule has 0 radical (unpaired) electrons. The number of halogens is 1. The Labute approximate surface area is 170 Å². The Morgan fingerprint density at radius 3 is 2.79 bits per heavy atom. The Bertz CT molecular complexity index is 1120. The molecule has 0 spiro atoms. The minimum Gasteiger partial charge on any atom is -0.501 e. The van der Waals surface area contributed by atoms with Crippen molar-refractivity contribution in [3.63, 3.8) is 0 Å². The third-order valence-corrected chi connectivity index (χ3v) is 5.50. The third-order valence-electron chi connectivity index (χ3n) is 4.20. The zero-order chi connectivity index (χ0) is 20.3. The van der Waals surface area contributed by atoms with Crippen LogP contribution in [0.1, 0.15) is 28.0 Å². The summed E-state index contributed by atoms with van der Waals surface area (Å²) < 4.78 is 1.15. The van der Waals surface area contributed by atoms with E-state index in [4.69, 9.17) is 11.6 Å². The summed E-state index contributed by atoms with van der Waals surface area (Å²) in [7, 11) is 1.45. The average molecular weight is 417 g/mol. The number of nitrogens with zero attached hydrogens (tertiary/aromatic N) is 2. The lowest BCUT2D eigenvalue weighted by atomic mass is 10.1. The van der Waals surface area contributed by atoms with Crippen LogP contribution in [0, 0.1) is 0 Å². The van der Waals surface area contributed by atoms with Gasteiger partial charge in [-0.1, -0.05) is 42.0 Å². The van der Waals surface area contributed by atoms with Crippen LogP contribution in [0.3, 0.4) is 0 Å². The number of rotatable bonds is 6. The lowest BCUT2D eigenvalue weighted by molar-refractivity contribution is 0.0686. The molecule has 0 aliphatic rings. The second kappa shape index (κ2) is 8.41. The van der Waals surface area contributed by atoms with E-state index in [1.165, 1.54) is 18.4 Å². The van der Waals surface area contributed by atoms with Crippen LogP contribution in [0.4, 0.5) is 0 Å². The van der Waals surface area contributed by atoms with Crippen molar-refractivity contribution in [1.29, 1.82) is 0 Å². The summed E-state index contributed by atoms with van der Waals surface area (Å²) in [6.07, 6.45) is 5.45. The van der Waals surface area contributed by atoms with E-state index in [9.17, 15) is 19.8 Å². The molecule has 3 aromatic rings. The molecule has 0 bridgehead atoms. The Balaban J connectivity index is 1.87. The molecular weight excluding hydrogens is 400 g/mol. The van der Waals surface area contributed by atoms with Gasteiger partial charge in [-0.05, 0) is 41.5 Å². The molecule has 1 aromatic carbocycles. The summed E-state index contributed by atoms with van der Waals surface area (Å²) in [5.41, 5.74) is 0.423. The van der Waals surface area contributed by atoms with Crippen molar-refractivity contribution in [3.8, 4) is 16.5 Å². The topological polar surface area (TPSA) is 92.4 Å². The minimum absolute atomic E-state index is 0.195. The molecule has 2 N–H and O–H groups in total. The lowest BCUT2D eigenvalue weighted by Crippen LogP contribution is -2.23. The molecule has 0 unspecified atom stereocenters. The number of carboxylic acid groups (broad SMARTS) is 1. The monoisotopic (exact) mass is 416 g/mol. The first kappa shape index (κ1) is 19.9. The number of benzene rings is 1. The molecule has 0 saturated carbocycles. The van der Waals surface area contributed by atoms with Crippen molar-refractivity contribution in [3.05, 3.63) is 74.0 Å². The van der Waals surface area contributed by atoms with Crippen molar-refractivity contribution in [2.24, 2.45) is 7.05 Å². The number of aromatic hydroxyl groups is 1. The summed E-state index contributed by atoms with van der Waals surface area (Å²) in [6.45, 7) is 0. The van der Waals surface area contributed by atoms with Gasteiger partial charge in [-0.2, -0.15) is 0 Å². The number of hydrogen-bond donors (Lipinski definition) is 2. The van der Waals surface area contributed by atoms with Crippen molar-refractivity contribution in [2.75, 3.05) is 0 Å². The van der Waals surface area contributed by atoms with Crippen LogP contribution >= 0.6 is 22.9 Å². The standard InChI is InChI=1S/C20H17ClN2O4S/c1-23-18(22-15(20(26)27)16(24)19(23)25)17-13(10-11-28-17)8-3-2-6-12-7-4-5-9-14(12)21/h3-5,7-11,24H,2,6H2,1H3,(H,26,27). The van der Waals surface area contributed by atoms with E-state index in [1.807, 2.05) is 47.9 Å². The van der Waals surface area contributed by atoms with Crippen LogP contribution in [-0.4, -0.2) is 25.7 Å². The van der Waals surface area contributed by atoms with Crippen molar-refractivity contribution >= 4 is 35.0 Å². The molecular formula is C20H17ClN2O4S. The van der Waals surface area contributed by atoms with Gasteiger partial charge < -0.3 is 10.2 Å². The van der Waals surface area contributed by atoms with Gasteiger partial charge in [0.25, 0.3) is 5.56 Å². The molecule has 0 saturated heterocycles. The highest BCUT2D eigenvalue weighted by Gasteiger charge is 2.21. The molecule has 3 rings (SSSR count). The molecule has 8 heteroatoms. The van der Waals surface area contributed by atoms with Gasteiger partial charge >= 0.3 is 5.97 Å². The molecule has 0 atom stereocenters. The van der Waals surface area contributed by atoms with E-state index in [-0.39, 0.29) is 5.82 Å². The number of carboxylic acids is 1. The van der Waals surface area contributed by atoms with Crippen molar-refractivity contribution < 1.29 is 15.0 Å². The van der Waals surface area contributed by atoms with E-state index in [0.717, 1.165) is 33.6 Å². The van der Waals surface area contributed by atoms with Gasteiger partial charge in [0.1, 0.15) is 0 Å². The number of allylic oxidation sites excluding steroid dienone is 1. The van der Waals surface area contributed by atoms with Gasteiger partial charge in [-0.15, -0.1) is 11.3 Å². The van der Waals surface area contributed by atoms with Gasteiger partial charge in [0.2, 0.25) is 5.75 Å². The second-order valence-corrected chi connectivity index (χ2v) is 7.36. The van der Waals surface area contributed by atoms with Crippen molar-refractivity contribution in [1.82, 2.24) is 9.55 Å². The fourth-order valence-electron chi connectivity index (χ4n) is 2.72. The molecule has 0 fully saturated rings. The fraction of sp³-hybridized carbons (Fsp3) is 0.150. The van der Waals surface area contributed by atoms with Gasteiger partial charge in [-0.25, -0.2) is 9.78 Å². The Hall–Kier alpha value is -2.90. The Morgan fingerprint density at radius 1 is 1.32 bits per heavy atom. The normalized spacial score (nSPS) is 11.2. The fourth-order valence-corrected chi connectivity index (χ4v) is 3.87. The molecule has 2 aromatic heterocycles. The van der Waals surface area contributed by atoms with Gasteiger partial charge in [0.15, 0.2) is 11.5 Å². The second-order valence-electron chi connectivity index (χ2n) is 6.04. The largest absolute Gasteiger partial charge is 0.501 e. The van der Waals surface area contributed by atoms with Crippen LogP contribution in [0.25, 0.3) is 16.8 Å². The maximum absolute atomic E-state index is 12.2. The molecule has 2 heterocycles. The highest BCUT2D eigenvalue weighted by Crippen LogP contribution is 2.30. The SMILES string of the molecule is Cn1c(-c2sccc2C=CCCc2ccccc2Cl)nc(C(=O)O)c(O)c1=O. The summed E-state index contributed by atoms with van der Waals surface area (Å²) >= 11 is 7.50. The van der Waals surface area contributed by atoms with Gasteiger partial charge in [0.05, 0.1) is 4.88 Å². The van der Waals surface area contributed by atoms with E-state index in [2.05, 4.69) is 4.98 Å². The molecule has 0 aliphatic heterocycles.